The maximum absolute atomic E-state index is 12.2. The first-order chi connectivity index (χ1) is 8.58. The number of imidazole rings is 1. The summed E-state index contributed by atoms with van der Waals surface area (Å²) in [6.45, 7) is 4.30. The van der Waals surface area contributed by atoms with E-state index >= 15 is 0 Å². The second-order valence-corrected chi connectivity index (χ2v) is 6.03. The molecule has 18 heavy (non-hydrogen) atoms. The Kier molecular flexibility index (Phi) is 3.87. The van der Waals surface area contributed by atoms with Gasteiger partial charge in [0, 0.05) is 35.2 Å². The molecule has 4 heteroatoms. The van der Waals surface area contributed by atoms with Crippen LogP contribution in [-0.4, -0.2) is 20.6 Å². The first-order valence-corrected chi connectivity index (χ1v) is 6.74. The lowest BCUT2D eigenvalue weighted by Gasteiger charge is -2.06. The lowest BCUT2D eigenvalue weighted by Crippen LogP contribution is -2.08. The maximum Gasteiger partial charge on any atom is 0.228 e. The molecule has 2 rings (SSSR count). The molecule has 0 radical (unpaired) electrons. The molecule has 94 valence electrons. The molecule has 0 bridgehead atoms. The van der Waals surface area contributed by atoms with Crippen molar-refractivity contribution in [2.24, 2.45) is 7.05 Å². The van der Waals surface area contributed by atoms with Gasteiger partial charge in [-0.05, 0) is 24.3 Å². The fourth-order valence-electron chi connectivity index (χ4n) is 1.67. The molecule has 0 aliphatic rings. The number of benzene rings is 1. The molecule has 0 fully saturated rings. The van der Waals surface area contributed by atoms with Gasteiger partial charge in [0.25, 0.3) is 0 Å². The number of rotatable bonds is 4. The highest BCUT2D eigenvalue weighted by molar-refractivity contribution is 7.99. The molecule has 0 unspecified atom stereocenters. The second kappa shape index (κ2) is 5.40. The van der Waals surface area contributed by atoms with E-state index < -0.39 is 0 Å². The monoisotopic (exact) mass is 260 g/mol. The predicted octanol–water partition coefficient (Wildman–Crippen LogP) is 3.15. The average Bonchev–Trinajstić information content (AvgIpc) is 2.75. The van der Waals surface area contributed by atoms with Gasteiger partial charge in [0.05, 0.1) is 0 Å². The lowest BCUT2D eigenvalue weighted by molar-refractivity contribution is 0.102. The van der Waals surface area contributed by atoms with Gasteiger partial charge in [-0.25, -0.2) is 4.98 Å². The van der Waals surface area contributed by atoms with Crippen molar-refractivity contribution in [1.82, 2.24) is 9.55 Å². The third-order valence-corrected chi connectivity index (χ3v) is 3.53. The van der Waals surface area contributed by atoms with Crippen LogP contribution in [0, 0.1) is 0 Å². The summed E-state index contributed by atoms with van der Waals surface area (Å²) < 4.78 is 1.74. The Morgan fingerprint density at radius 1 is 1.28 bits per heavy atom. The molecule has 0 saturated heterocycles. The summed E-state index contributed by atoms with van der Waals surface area (Å²) >= 11 is 1.79. The summed E-state index contributed by atoms with van der Waals surface area (Å²) in [5, 5.41) is 0.543. The van der Waals surface area contributed by atoms with E-state index in [1.807, 2.05) is 31.3 Å². The highest BCUT2D eigenvalue weighted by Crippen LogP contribution is 2.23. The van der Waals surface area contributed by atoms with Crippen molar-refractivity contribution in [2.45, 2.75) is 24.0 Å². The molecule has 0 aliphatic heterocycles. The van der Waals surface area contributed by atoms with Gasteiger partial charge in [-0.2, -0.15) is 0 Å². The van der Waals surface area contributed by atoms with Crippen molar-refractivity contribution in [3.63, 3.8) is 0 Å². The van der Waals surface area contributed by atoms with Gasteiger partial charge in [-0.15, -0.1) is 11.8 Å². The molecule has 2 aromatic rings. The van der Waals surface area contributed by atoms with E-state index in [9.17, 15) is 4.79 Å². The van der Waals surface area contributed by atoms with Crippen LogP contribution in [0.2, 0.25) is 0 Å². The third kappa shape index (κ3) is 2.82. The van der Waals surface area contributed by atoms with Crippen LogP contribution in [0.25, 0.3) is 0 Å². The van der Waals surface area contributed by atoms with E-state index in [-0.39, 0.29) is 5.78 Å². The molecule has 0 amide bonds. The van der Waals surface area contributed by atoms with Crippen LogP contribution < -0.4 is 0 Å². The molecule has 0 spiro atoms. The van der Waals surface area contributed by atoms with Crippen LogP contribution in [-0.2, 0) is 7.05 Å². The molecule has 0 saturated carbocycles. The predicted molar refractivity (Wildman–Crippen MR) is 74.1 cm³/mol. The first-order valence-electron chi connectivity index (χ1n) is 5.86. The highest BCUT2D eigenvalue weighted by Gasteiger charge is 2.13. The van der Waals surface area contributed by atoms with Crippen molar-refractivity contribution < 1.29 is 4.79 Å². The number of nitrogens with zero attached hydrogens (tertiary/aromatic N) is 2. The zero-order valence-corrected chi connectivity index (χ0v) is 11.6. The summed E-state index contributed by atoms with van der Waals surface area (Å²) in [6.07, 6.45) is 3.41. The number of ketones is 1. The Morgan fingerprint density at radius 3 is 2.44 bits per heavy atom. The van der Waals surface area contributed by atoms with E-state index in [2.05, 4.69) is 18.8 Å². The number of carbonyl (C=O) groups excluding carboxylic acids is 1. The van der Waals surface area contributed by atoms with Gasteiger partial charge in [0.15, 0.2) is 5.82 Å². The van der Waals surface area contributed by atoms with Crippen LogP contribution >= 0.6 is 11.8 Å². The quantitative estimate of drug-likeness (QED) is 0.625. The van der Waals surface area contributed by atoms with Gasteiger partial charge < -0.3 is 4.57 Å². The molecular weight excluding hydrogens is 244 g/mol. The van der Waals surface area contributed by atoms with Crippen molar-refractivity contribution in [2.75, 3.05) is 0 Å². The SMILES string of the molecule is CC(C)Sc1ccc(C(=O)c2nccn2C)cc1. The minimum atomic E-state index is -0.0383. The maximum atomic E-state index is 12.2. The first kappa shape index (κ1) is 12.9. The van der Waals surface area contributed by atoms with E-state index in [1.165, 1.54) is 4.90 Å². The molecule has 1 heterocycles. The Bertz CT molecular complexity index is 543. The summed E-state index contributed by atoms with van der Waals surface area (Å²) in [5.74, 6) is 0.433. The van der Waals surface area contributed by atoms with Crippen LogP contribution in [0.15, 0.2) is 41.6 Å². The molecular formula is C14H16N2OS. The largest absolute Gasteiger partial charge is 0.331 e. The molecule has 1 aromatic heterocycles. The van der Waals surface area contributed by atoms with Gasteiger partial charge in [-0.3, -0.25) is 4.79 Å². The van der Waals surface area contributed by atoms with E-state index in [0.29, 0.717) is 16.6 Å². The Hall–Kier alpha value is -1.55. The third-order valence-electron chi connectivity index (χ3n) is 2.51. The molecule has 0 aliphatic carbocycles. The van der Waals surface area contributed by atoms with Crippen molar-refractivity contribution in [3.8, 4) is 0 Å². The number of thioether (sulfide) groups is 1. The Balaban J connectivity index is 2.20. The second-order valence-electron chi connectivity index (χ2n) is 4.38. The number of hydrogen-bond donors (Lipinski definition) is 0. The van der Waals surface area contributed by atoms with E-state index in [1.54, 1.807) is 28.7 Å². The van der Waals surface area contributed by atoms with Gasteiger partial charge in [0.2, 0.25) is 5.78 Å². The smallest absolute Gasteiger partial charge is 0.228 e. The molecule has 3 nitrogen and oxygen atoms in total. The number of aryl methyl sites for hydroxylation is 1. The zero-order chi connectivity index (χ0) is 13.1. The summed E-state index contributed by atoms with van der Waals surface area (Å²) in [5.41, 5.74) is 0.678. The lowest BCUT2D eigenvalue weighted by atomic mass is 10.1. The summed E-state index contributed by atoms with van der Waals surface area (Å²) in [4.78, 5) is 17.4. The Morgan fingerprint density at radius 2 is 1.94 bits per heavy atom. The van der Waals surface area contributed by atoms with Crippen LogP contribution in [0.5, 0.6) is 0 Å². The normalized spacial score (nSPS) is 10.9. The highest BCUT2D eigenvalue weighted by atomic mass is 32.2. The molecule has 0 N–H and O–H groups in total. The summed E-state index contributed by atoms with van der Waals surface area (Å²) in [6, 6.07) is 7.70. The fourth-order valence-corrected chi connectivity index (χ4v) is 2.51. The van der Waals surface area contributed by atoms with Gasteiger partial charge in [-0.1, -0.05) is 13.8 Å². The standard InChI is InChI=1S/C14H16N2OS/c1-10(2)18-12-6-4-11(5-7-12)13(17)14-15-8-9-16(14)3/h4-10H,1-3H3. The summed E-state index contributed by atoms with van der Waals surface area (Å²) in [7, 11) is 1.82. The van der Waals surface area contributed by atoms with Gasteiger partial charge in [0.1, 0.15) is 0 Å². The minimum Gasteiger partial charge on any atom is -0.331 e. The molecule has 0 atom stereocenters. The van der Waals surface area contributed by atoms with Crippen LogP contribution in [0.4, 0.5) is 0 Å². The number of hydrogen-bond acceptors (Lipinski definition) is 3. The van der Waals surface area contributed by atoms with Crippen LogP contribution in [0.3, 0.4) is 0 Å². The van der Waals surface area contributed by atoms with E-state index in [4.69, 9.17) is 0 Å². The number of aromatic nitrogens is 2. The number of carbonyl (C=O) groups is 1. The Labute approximate surface area is 111 Å². The molecule has 1 aromatic carbocycles. The van der Waals surface area contributed by atoms with Crippen molar-refractivity contribution in [1.29, 1.82) is 0 Å². The van der Waals surface area contributed by atoms with Crippen LogP contribution in [0.1, 0.15) is 30.0 Å². The average molecular weight is 260 g/mol. The van der Waals surface area contributed by atoms with Gasteiger partial charge >= 0.3 is 0 Å². The fraction of sp³-hybridized carbons (Fsp3) is 0.286. The zero-order valence-electron chi connectivity index (χ0n) is 10.8. The van der Waals surface area contributed by atoms with E-state index in [0.717, 1.165) is 0 Å². The topological polar surface area (TPSA) is 34.9 Å². The van der Waals surface area contributed by atoms with Crippen molar-refractivity contribution >= 4 is 17.5 Å². The van der Waals surface area contributed by atoms with Crippen molar-refractivity contribution in [3.05, 3.63) is 48.0 Å². The minimum absolute atomic E-state index is 0.0383.